The lowest BCUT2D eigenvalue weighted by Crippen LogP contribution is -2.54. The van der Waals surface area contributed by atoms with Gasteiger partial charge in [-0.05, 0) is 48.2 Å². The minimum Gasteiger partial charge on any atom is -0.497 e. The molecule has 2 aromatic rings. The minimum absolute atomic E-state index is 0.0160. The third-order valence-corrected chi connectivity index (χ3v) is 4.93. The molecular weight excluding hydrogens is 294 g/mol. The largest absolute Gasteiger partial charge is 0.497 e. The molecule has 1 fully saturated rings. The Bertz CT molecular complexity index is 666. The second kappa shape index (κ2) is 6.05. The predicted molar refractivity (Wildman–Crippen MR) is 90.6 cm³/mol. The summed E-state index contributed by atoms with van der Waals surface area (Å²) >= 11 is 1.72. The SMILES string of the molecule is COc1ccc(N2C(=O)[C@@H](C)[C@H]2c2ccc(SC)cc2)cc1. The van der Waals surface area contributed by atoms with Crippen LogP contribution in [0.5, 0.6) is 5.75 Å². The molecule has 114 valence electrons. The molecule has 0 N–H and O–H groups in total. The Morgan fingerprint density at radius 3 is 2.23 bits per heavy atom. The van der Waals surface area contributed by atoms with Crippen molar-refractivity contribution in [2.45, 2.75) is 17.9 Å². The molecule has 0 aromatic heterocycles. The predicted octanol–water partition coefficient (Wildman–Crippen LogP) is 4.14. The van der Waals surface area contributed by atoms with E-state index >= 15 is 0 Å². The Labute approximate surface area is 135 Å². The quantitative estimate of drug-likeness (QED) is 0.627. The van der Waals surface area contributed by atoms with Gasteiger partial charge in [0.2, 0.25) is 5.91 Å². The summed E-state index contributed by atoms with van der Waals surface area (Å²) in [5.41, 5.74) is 2.10. The number of nitrogens with zero attached hydrogens (tertiary/aromatic N) is 1. The Balaban J connectivity index is 1.89. The topological polar surface area (TPSA) is 29.5 Å². The molecule has 22 heavy (non-hydrogen) atoms. The van der Waals surface area contributed by atoms with Crippen molar-refractivity contribution < 1.29 is 9.53 Å². The highest BCUT2D eigenvalue weighted by molar-refractivity contribution is 7.98. The van der Waals surface area contributed by atoms with Gasteiger partial charge < -0.3 is 9.64 Å². The van der Waals surface area contributed by atoms with E-state index in [0.717, 1.165) is 11.4 Å². The van der Waals surface area contributed by atoms with E-state index in [1.54, 1.807) is 18.9 Å². The fraction of sp³-hybridized carbons (Fsp3) is 0.278. The van der Waals surface area contributed by atoms with Crippen molar-refractivity contribution in [2.75, 3.05) is 18.3 Å². The van der Waals surface area contributed by atoms with Gasteiger partial charge in [0.15, 0.2) is 0 Å². The highest BCUT2D eigenvalue weighted by Crippen LogP contribution is 2.43. The molecule has 3 nitrogen and oxygen atoms in total. The third kappa shape index (κ3) is 2.48. The molecule has 2 atom stereocenters. The summed E-state index contributed by atoms with van der Waals surface area (Å²) in [6.07, 6.45) is 2.06. The van der Waals surface area contributed by atoms with E-state index in [9.17, 15) is 4.79 Å². The summed E-state index contributed by atoms with van der Waals surface area (Å²) in [4.78, 5) is 15.4. The van der Waals surface area contributed by atoms with Crippen LogP contribution in [0.25, 0.3) is 0 Å². The number of rotatable bonds is 4. The number of benzene rings is 2. The lowest BCUT2D eigenvalue weighted by Gasteiger charge is -2.46. The zero-order chi connectivity index (χ0) is 15.7. The molecule has 0 aliphatic carbocycles. The van der Waals surface area contributed by atoms with Crippen molar-refractivity contribution in [3.05, 3.63) is 54.1 Å². The second-order valence-electron chi connectivity index (χ2n) is 5.41. The van der Waals surface area contributed by atoms with Gasteiger partial charge in [-0.25, -0.2) is 0 Å². The van der Waals surface area contributed by atoms with E-state index in [2.05, 4.69) is 30.5 Å². The first-order valence-corrected chi connectivity index (χ1v) is 8.49. The number of anilines is 1. The summed E-state index contributed by atoms with van der Waals surface area (Å²) < 4.78 is 5.18. The molecule has 4 heteroatoms. The first-order chi connectivity index (χ1) is 10.7. The smallest absolute Gasteiger partial charge is 0.232 e. The van der Waals surface area contributed by atoms with E-state index in [0.29, 0.717) is 0 Å². The number of thioether (sulfide) groups is 1. The molecule has 0 saturated carbocycles. The minimum atomic E-state index is 0.0160. The Morgan fingerprint density at radius 1 is 1.05 bits per heavy atom. The van der Waals surface area contributed by atoms with Crippen molar-refractivity contribution in [3.63, 3.8) is 0 Å². The van der Waals surface area contributed by atoms with Crippen LogP contribution in [0.3, 0.4) is 0 Å². The molecule has 0 spiro atoms. The number of methoxy groups -OCH3 is 1. The Morgan fingerprint density at radius 2 is 1.68 bits per heavy atom. The zero-order valence-corrected chi connectivity index (χ0v) is 13.8. The molecule has 0 radical (unpaired) electrons. The van der Waals surface area contributed by atoms with Crippen LogP contribution in [-0.4, -0.2) is 19.3 Å². The molecular formula is C18H19NO2S. The normalized spacial score (nSPS) is 20.7. The van der Waals surface area contributed by atoms with Crippen LogP contribution in [0.1, 0.15) is 18.5 Å². The summed E-state index contributed by atoms with van der Waals surface area (Å²) in [7, 11) is 1.64. The molecule has 0 bridgehead atoms. The van der Waals surface area contributed by atoms with Gasteiger partial charge in [0.25, 0.3) is 0 Å². The number of hydrogen-bond acceptors (Lipinski definition) is 3. The first-order valence-electron chi connectivity index (χ1n) is 7.27. The highest BCUT2D eigenvalue weighted by Gasteiger charge is 2.45. The van der Waals surface area contributed by atoms with Crippen LogP contribution in [0.2, 0.25) is 0 Å². The molecule has 0 unspecified atom stereocenters. The van der Waals surface area contributed by atoms with Gasteiger partial charge in [0.05, 0.1) is 19.1 Å². The number of carbonyl (C=O) groups is 1. The fourth-order valence-electron chi connectivity index (χ4n) is 2.90. The van der Waals surface area contributed by atoms with E-state index in [1.807, 2.05) is 36.1 Å². The lowest BCUT2D eigenvalue weighted by molar-refractivity contribution is -0.129. The molecule has 1 aliphatic heterocycles. The van der Waals surface area contributed by atoms with Crippen LogP contribution < -0.4 is 9.64 Å². The highest BCUT2D eigenvalue weighted by atomic mass is 32.2. The second-order valence-corrected chi connectivity index (χ2v) is 6.29. The third-order valence-electron chi connectivity index (χ3n) is 4.19. The molecule has 1 aliphatic rings. The maximum atomic E-state index is 12.3. The first kappa shape index (κ1) is 15.0. The monoisotopic (exact) mass is 313 g/mol. The maximum Gasteiger partial charge on any atom is 0.232 e. The van der Waals surface area contributed by atoms with Gasteiger partial charge in [-0.3, -0.25) is 4.79 Å². The van der Waals surface area contributed by atoms with Crippen molar-refractivity contribution >= 4 is 23.4 Å². The van der Waals surface area contributed by atoms with E-state index in [1.165, 1.54) is 10.5 Å². The number of carbonyl (C=O) groups excluding carboxylic acids is 1. The number of ether oxygens (including phenoxy) is 1. The van der Waals surface area contributed by atoms with E-state index < -0.39 is 0 Å². The molecule has 2 aromatic carbocycles. The van der Waals surface area contributed by atoms with Crippen molar-refractivity contribution in [3.8, 4) is 5.75 Å². The average molecular weight is 313 g/mol. The van der Waals surface area contributed by atoms with Gasteiger partial charge in [-0.15, -0.1) is 11.8 Å². The fourth-order valence-corrected chi connectivity index (χ4v) is 3.31. The number of hydrogen-bond donors (Lipinski definition) is 0. The average Bonchev–Trinajstić information content (AvgIpc) is 2.59. The van der Waals surface area contributed by atoms with Gasteiger partial charge in [-0.1, -0.05) is 19.1 Å². The molecule has 1 heterocycles. The molecule has 3 rings (SSSR count). The van der Waals surface area contributed by atoms with Gasteiger partial charge in [0.1, 0.15) is 5.75 Å². The number of β-lactam (4-membered cyclic amide) rings is 1. The van der Waals surface area contributed by atoms with Gasteiger partial charge in [-0.2, -0.15) is 0 Å². The van der Waals surface area contributed by atoms with Crippen LogP contribution in [0.15, 0.2) is 53.4 Å². The molecule has 1 amide bonds. The van der Waals surface area contributed by atoms with Crippen molar-refractivity contribution in [1.29, 1.82) is 0 Å². The summed E-state index contributed by atoms with van der Waals surface area (Å²) in [5, 5.41) is 0. The number of amides is 1. The Hall–Kier alpha value is -1.94. The van der Waals surface area contributed by atoms with E-state index in [-0.39, 0.29) is 17.9 Å². The lowest BCUT2D eigenvalue weighted by atomic mass is 9.83. The zero-order valence-electron chi connectivity index (χ0n) is 12.9. The summed E-state index contributed by atoms with van der Waals surface area (Å²) in [6.45, 7) is 2.00. The van der Waals surface area contributed by atoms with Crippen LogP contribution >= 0.6 is 11.8 Å². The van der Waals surface area contributed by atoms with Crippen molar-refractivity contribution in [2.24, 2.45) is 5.92 Å². The molecule has 1 saturated heterocycles. The summed E-state index contributed by atoms with van der Waals surface area (Å²) in [6, 6.07) is 16.2. The standard InChI is InChI=1S/C18H19NO2S/c1-12-17(13-4-10-16(22-3)11-5-13)19(18(12)20)14-6-8-15(21-2)9-7-14/h4-12,17H,1-3H3/t12-,17-/m0/s1. The van der Waals surface area contributed by atoms with Gasteiger partial charge in [0, 0.05) is 10.6 Å². The Kier molecular flexibility index (Phi) is 4.12. The maximum absolute atomic E-state index is 12.3. The van der Waals surface area contributed by atoms with Gasteiger partial charge >= 0.3 is 0 Å². The van der Waals surface area contributed by atoms with E-state index in [4.69, 9.17) is 4.74 Å². The van der Waals surface area contributed by atoms with Crippen LogP contribution in [0, 0.1) is 5.92 Å². The van der Waals surface area contributed by atoms with Crippen molar-refractivity contribution in [1.82, 2.24) is 0 Å². The van der Waals surface area contributed by atoms with Crippen LogP contribution in [0.4, 0.5) is 5.69 Å². The summed E-state index contributed by atoms with van der Waals surface area (Å²) in [5.74, 6) is 0.983. The van der Waals surface area contributed by atoms with Crippen LogP contribution in [-0.2, 0) is 4.79 Å².